The SMILES string of the molecule is CCCC(CC)=NN. The largest absolute Gasteiger partial charge is 0.323 e. The molecule has 0 spiro atoms. The Hall–Kier alpha value is -0.530. The third kappa shape index (κ3) is 2.61. The van der Waals surface area contributed by atoms with Crippen LogP contribution in [0, 0.1) is 0 Å². The monoisotopic (exact) mass is 114 g/mol. The van der Waals surface area contributed by atoms with Gasteiger partial charge in [0.25, 0.3) is 0 Å². The van der Waals surface area contributed by atoms with Gasteiger partial charge < -0.3 is 5.84 Å². The average molecular weight is 114 g/mol. The van der Waals surface area contributed by atoms with Crippen molar-refractivity contribution in [1.29, 1.82) is 0 Å². The quantitative estimate of drug-likeness (QED) is 0.337. The second-order valence-corrected chi connectivity index (χ2v) is 1.80. The van der Waals surface area contributed by atoms with Crippen LogP contribution in [-0.2, 0) is 0 Å². The van der Waals surface area contributed by atoms with Gasteiger partial charge in [-0.2, -0.15) is 5.10 Å². The molecule has 48 valence electrons. The minimum Gasteiger partial charge on any atom is -0.323 e. The van der Waals surface area contributed by atoms with Gasteiger partial charge in [-0.15, -0.1) is 0 Å². The second kappa shape index (κ2) is 4.62. The molecule has 0 atom stereocenters. The number of nitrogens with two attached hydrogens (primary N) is 1. The van der Waals surface area contributed by atoms with Crippen molar-refractivity contribution in [3.05, 3.63) is 0 Å². The molecule has 0 fully saturated rings. The van der Waals surface area contributed by atoms with Crippen LogP contribution in [0.3, 0.4) is 0 Å². The minimum atomic E-state index is 0.990. The molecular weight excluding hydrogens is 100 g/mol. The van der Waals surface area contributed by atoms with Crippen molar-refractivity contribution in [3.8, 4) is 0 Å². The molecule has 0 bridgehead atoms. The Labute approximate surface area is 50.8 Å². The predicted molar refractivity (Wildman–Crippen MR) is 36.8 cm³/mol. The Balaban J connectivity index is 3.38. The molecule has 0 aliphatic heterocycles. The highest BCUT2D eigenvalue weighted by atomic mass is 15.1. The third-order valence-corrected chi connectivity index (χ3v) is 1.13. The zero-order valence-electron chi connectivity index (χ0n) is 5.65. The molecule has 0 aromatic rings. The van der Waals surface area contributed by atoms with Gasteiger partial charge in [0.1, 0.15) is 0 Å². The van der Waals surface area contributed by atoms with Gasteiger partial charge in [0.2, 0.25) is 0 Å². The zero-order valence-corrected chi connectivity index (χ0v) is 5.65. The maximum atomic E-state index is 5.06. The highest BCUT2D eigenvalue weighted by molar-refractivity contribution is 5.83. The van der Waals surface area contributed by atoms with E-state index in [1.165, 1.54) is 0 Å². The summed E-state index contributed by atoms with van der Waals surface area (Å²) in [5, 5.41) is 3.61. The molecule has 0 aromatic carbocycles. The van der Waals surface area contributed by atoms with Crippen LogP contribution >= 0.6 is 0 Å². The fourth-order valence-corrected chi connectivity index (χ4v) is 0.621. The molecule has 2 heteroatoms. The molecule has 0 aliphatic carbocycles. The molecule has 2 nitrogen and oxygen atoms in total. The van der Waals surface area contributed by atoms with Crippen LogP contribution in [-0.4, -0.2) is 5.71 Å². The lowest BCUT2D eigenvalue weighted by molar-refractivity contribution is 0.954. The Morgan fingerprint density at radius 3 is 2.25 bits per heavy atom. The number of nitrogens with zero attached hydrogens (tertiary/aromatic N) is 1. The van der Waals surface area contributed by atoms with E-state index in [4.69, 9.17) is 5.84 Å². The first-order valence-corrected chi connectivity index (χ1v) is 3.10. The average Bonchev–Trinajstić information content (AvgIpc) is 1.83. The molecule has 8 heavy (non-hydrogen) atoms. The Morgan fingerprint density at radius 2 is 2.12 bits per heavy atom. The van der Waals surface area contributed by atoms with E-state index < -0.39 is 0 Å². The molecule has 0 rings (SSSR count). The van der Waals surface area contributed by atoms with Gasteiger partial charge in [0.15, 0.2) is 0 Å². The maximum absolute atomic E-state index is 5.06. The van der Waals surface area contributed by atoms with Crippen molar-refractivity contribution in [2.45, 2.75) is 33.1 Å². The fourth-order valence-electron chi connectivity index (χ4n) is 0.621. The first-order valence-electron chi connectivity index (χ1n) is 3.10. The summed E-state index contributed by atoms with van der Waals surface area (Å²) < 4.78 is 0. The normalized spacial score (nSPS) is 12.0. The van der Waals surface area contributed by atoms with E-state index in [2.05, 4.69) is 18.9 Å². The molecule has 0 unspecified atom stereocenters. The van der Waals surface area contributed by atoms with Gasteiger partial charge in [-0.25, -0.2) is 0 Å². The molecule has 0 saturated heterocycles. The van der Waals surface area contributed by atoms with Crippen LogP contribution in [0.15, 0.2) is 5.10 Å². The Morgan fingerprint density at radius 1 is 1.50 bits per heavy atom. The van der Waals surface area contributed by atoms with Crippen LogP contribution in [0.1, 0.15) is 33.1 Å². The molecule has 0 radical (unpaired) electrons. The van der Waals surface area contributed by atoms with E-state index in [9.17, 15) is 0 Å². The highest BCUT2D eigenvalue weighted by Gasteiger charge is 1.89. The predicted octanol–water partition coefficient (Wildman–Crippen LogP) is 1.51. The van der Waals surface area contributed by atoms with Crippen molar-refractivity contribution >= 4 is 5.71 Å². The first-order chi connectivity index (χ1) is 3.85. The molecular formula is C6H14N2. The van der Waals surface area contributed by atoms with E-state index in [1.807, 2.05) is 0 Å². The minimum absolute atomic E-state index is 0.990. The summed E-state index contributed by atoms with van der Waals surface area (Å²) in [7, 11) is 0. The van der Waals surface area contributed by atoms with Gasteiger partial charge >= 0.3 is 0 Å². The fraction of sp³-hybridized carbons (Fsp3) is 0.833. The lowest BCUT2D eigenvalue weighted by Gasteiger charge is -1.95. The van der Waals surface area contributed by atoms with E-state index in [0.717, 1.165) is 25.0 Å². The van der Waals surface area contributed by atoms with Crippen LogP contribution < -0.4 is 5.84 Å². The standard InChI is InChI=1S/C6H14N2/c1-3-5-6(4-2)8-7/h3-5,7H2,1-2H3. The molecule has 0 aromatic heterocycles. The lowest BCUT2D eigenvalue weighted by atomic mass is 10.2. The lowest BCUT2D eigenvalue weighted by Crippen LogP contribution is -1.98. The van der Waals surface area contributed by atoms with Gasteiger partial charge in [0, 0.05) is 5.71 Å². The summed E-state index contributed by atoms with van der Waals surface area (Å²) in [6.07, 6.45) is 3.18. The number of hydrogen-bond donors (Lipinski definition) is 1. The topological polar surface area (TPSA) is 38.4 Å². The number of rotatable bonds is 3. The van der Waals surface area contributed by atoms with Crippen molar-refractivity contribution < 1.29 is 0 Å². The molecule has 2 N–H and O–H groups in total. The van der Waals surface area contributed by atoms with Crippen molar-refractivity contribution in [2.24, 2.45) is 10.9 Å². The van der Waals surface area contributed by atoms with E-state index in [-0.39, 0.29) is 0 Å². The Bertz CT molecular complexity index is 76.6. The Kier molecular flexibility index (Phi) is 4.32. The summed E-state index contributed by atoms with van der Waals surface area (Å²) in [5.74, 6) is 5.06. The third-order valence-electron chi connectivity index (χ3n) is 1.13. The van der Waals surface area contributed by atoms with Crippen LogP contribution in [0.5, 0.6) is 0 Å². The van der Waals surface area contributed by atoms with Gasteiger partial charge in [0.05, 0.1) is 0 Å². The van der Waals surface area contributed by atoms with Crippen LogP contribution in [0.25, 0.3) is 0 Å². The second-order valence-electron chi connectivity index (χ2n) is 1.80. The summed E-state index contributed by atoms with van der Waals surface area (Å²) >= 11 is 0. The number of hydrogen-bond acceptors (Lipinski definition) is 2. The summed E-state index contributed by atoms with van der Waals surface area (Å²) in [6.45, 7) is 4.20. The smallest absolute Gasteiger partial charge is 0.0373 e. The summed E-state index contributed by atoms with van der Waals surface area (Å²) in [5.41, 5.74) is 1.12. The van der Waals surface area contributed by atoms with Gasteiger partial charge in [-0.3, -0.25) is 0 Å². The molecule has 0 amide bonds. The molecule has 0 aliphatic rings. The highest BCUT2D eigenvalue weighted by Crippen LogP contribution is 1.93. The van der Waals surface area contributed by atoms with Crippen molar-refractivity contribution in [1.82, 2.24) is 0 Å². The first kappa shape index (κ1) is 7.47. The van der Waals surface area contributed by atoms with E-state index in [1.54, 1.807) is 0 Å². The number of hydrazone groups is 1. The molecule has 0 heterocycles. The summed E-state index contributed by atoms with van der Waals surface area (Å²) in [6, 6.07) is 0. The maximum Gasteiger partial charge on any atom is 0.0373 e. The van der Waals surface area contributed by atoms with Crippen LogP contribution in [0.2, 0.25) is 0 Å². The zero-order chi connectivity index (χ0) is 6.41. The van der Waals surface area contributed by atoms with Gasteiger partial charge in [-0.05, 0) is 12.8 Å². The van der Waals surface area contributed by atoms with Crippen molar-refractivity contribution in [2.75, 3.05) is 0 Å². The van der Waals surface area contributed by atoms with E-state index in [0.29, 0.717) is 0 Å². The molecule has 0 saturated carbocycles. The summed E-state index contributed by atoms with van der Waals surface area (Å²) in [4.78, 5) is 0. The van der Waals surface area contributed by atoms with E-state index >= 15 is 0 Å². The van der Waals surface area contributed by atoms with Gasteiger partial charge in [-0.1, -0.05) is 20.3 Å². The van der Waals surface area contributed by atoms with Crippen molar-refractivity contribution in [3.63, 3.8) is 0 Å². The van der Waals surface area contributed by atoms with Crippen LogP contribution in [0.4, 0.5) is 0 Å².